The molecule has 0 amide bonds. The summed E-state index contributed by atoms with van der Waals surface area (Å²) in [5, 5.41) is 10.0. The lowest BCUT2D eigenvalue weighted by Crippen LogP contribution is -2.31. The SMILES string of the molecule is S=c1[nH]ncn1C1CCCNC1. The molecule has 2 heterocycles. The summed E-state index contributed by atoms with van der Waals surface area (Å²) >= 11 is 5.08. The smallest absolute Gasteiger partial charge is 0.195 e. The van der Waals surface area contributed by atoms with Crippen molar-refractivity contribution in [3.8, 4) is 0 Å². The van der Waals surface area contributed by atoms with Gasteiger partial charge in [0.1, 0.15) is 6.33 Å². The average molecular weight is 184 g/mol. The van der Waals surface area contributed by atoms with Gasteiger partial charge in [-0.25, -0.2) is 0 Å². The summed E-state index contributed by atoms with van der Waals surface area (Å²) in [4.78, 5) is 0. The Labute approximate surface area is 76.0 Å². The fourth-order valence-electron chi connectivity index (χ4n) is 1.59. The van der Waals surface area contributed by atoms with E-state index in [2.05, 4.69) is 15.5 Å². The third kappa shape index (κ3) is 1.42. The van der Waals surface area contributed by atoms with Gasteiger partial charge in [0.15, 0.2) is 4.77 Å². The van der Waals surface area contributed by atoms with Gasteiger partial charge < -0.3 is 9.88 Å². The third-order valence-electron chi connectivity index (χ3n) is 2.24. The Morgan fingerprint density at radius 2 is 2.58 bits per heavy atom. The summed E-state index contributed by atoms with van der Waals surface area (Å²) in [6.07, 6.45) is 4.19. The van der Waals surface area contributed by atoms with Gasteiger partial charge in [0.2, 0.25) is 0 Å². The molecule has 0 radical (unpaired) electrons. The maximum Gasteiger partial charge on any atom is 0.195 e. The van der Waals surface area contributed by atoms with Gasteiger partial charge in [-0.05, 0) is 31.6 Å². The van der Waals surface area contributed by atoms with Crippen molar-refractivity contribution in [1.82, 2.24) is 20.1 Å². The van der Waals surface area contributed by atoms with Crippen LogP contribution in [0.5, 0.6) is 0 Å². The summed E-state index contributed by atoms with van der Waals surface area (Å²) in [5.41, 5.74) is 0. The zero-order chi connectivity index (χ0) is 8.39. The van der Waals surface area contributed by atoms with E-state index >= 15 is 0 Å². The molecule has 12 heavy (non-hydrogen) atoms. The molecule has 0 saturated carbocycles. The molecule has 1 saturated heterocycles. The minimum atomic E-state index is 0.491. The van der Waals surface area contributed by atoms with Crippen molar-refractivity contribution < 1.29 is 0 Å². The Morgan fingerprint density at radius 3 is 3.17 bits per heavy atom. The average Bonchev–Trinajstić information content (AvgIpc) is 2.53. The van der Waals surface area contributed by atoms with Crippen LogP contribution in [-0.2, 0) is 0 Å². The van der Waals surface area contributed by atoms with E-state index in [0.29, 0.717) is 6.04 Å². The second-order valence-corrected chi connectivity index (χ2v) is 3.46. The number of rotatable bonds is 1. The van der Waals surface area contributed by atoms with Crippen LogP contribution >= 0.6 is 12.2 Å². The largest absolute Gasteiger partial charge is 0.315 e. The standard InChI is InChI=1S/C7H12N4S/c12-7-10-9-5-11(7)6-2-1-3-8-4-6/h5-6,8H,1-4H2,(H,10,12). The predicted molar refractivity (Wildman–Crippen MR) is 48.6 cm³/mol. The summed E-state index contributed by atoms with van der Waals surface area (Å²) in [6.45, 7) is 2.13. The molecule has 2 rings (SSSR count). The van der Waals surface area contributed by atoms with Gasteiger partial charge in [0.05, 0.1) is 0 Å². The van der Waals surface area contributed by atoms with Gasteiger partial charge in [0, 0.05) is 12.6 Å². The summed E-state index contributed by atoms with van der Waals surface area (Å²) in [6, 6.07) is 0.491. The Morgan fingerprint density at radius 1 is 1.67 bits per heavy atom. The van der Waals surface area contributed by atoms with Crippen LogP contribution in [0.4, 0.5) is 0 Å². The molecule has 0 spiro atoms. The van der Waals surface area contributed by atoms with E-state index in [1.807, 2.05) is 4.57 Å². The molecule has 66 valence electrons. The van der Waals surface area contributed by atoms with Crippen molar-refractivity contribution in [3.63, 3.8) is 0 Å². The number of aromatic nitrogens is 3. The van der Waals surface area contributed by atoms with E-state index in [-0.39, 0.29) is 0 Å². The summed E-state index contributed by atoms with van der Waals surface area (Å²) < 4.78 is 2.75. The second-order valence-electron chi connectivity index (χ2n) is 3.07. The highest BCUT2D eigenvalue weighted by Crippen LogP contribution is 2.15. The van der Waals surface area contributed by atoms with Gasteiger partial charge >= 0.3 is 0 Å². The maximum absolute atomic E-state index is 5.08. The highest BCUT2D eigenvalue weighted by molar-refractivity contribution is 7.71. The molecule has 1 fully saturated rings. The van der Waals surface area contributed by atoms with Crippen molar-refractivity contribution >= 4 is 12.2 Å². The highest BCUT2D eigenvalue weighted by Gasteiger charge is 2.14. The van der Waals surface area contributed by atoms with E-state index < -0.39 is 0 Å². The van der Waals surface area contributed by atoms with Crippen LogP contribution in [0.25, 0.3) is 0 Å². The van der Waals surface area contributed by atoms with E-state index in [9.17, 15) is 0 Å². The maximum atomic E-state index is 5.08. The van der Waals surface area contributed by atoms with Crippen LogP contribution in [0.15, 0.2) is 6.33 Å². The Kier molecular flexibility index (Phi) is 2.23. The van der Waals surface area contributed by atoms with Gasteiger partial charge in [0.25, 0.3) is 0 Å². The van der Waals surface area contributed by atoms with Crippen LogP contribution in [0, 0.1) is 4.77 Å². The molecular weight excluding hydrogens is 172 g/mol. The van der Waals surface area contributed by atoms with Crippen LogP contribution in [0.1, 0.15) is 18.9 Å². The van der Waals surface area contributed by atoms with Gasteiger partial charge in [-0.15, -0.1) is 0 Å². The van der Waals surface area contributed by atoms with Crippen molar-refractivity contribution in [3.05, 3.63) is 11.1 Å². The molecule has 1 aromatic heterocycles. The number of nitrogens with zero attached hydrogens (tertiary/aromatic N) is 2. The molecule has 0 aliphatic carbocycles. The molecule has 1 aliphatic heterocycles. The van der Waals surface area contributed by atoms with Crippen LogP contribution in [0.2, 0.25) is 0 Å². The number of hydrogen-bond acceptors (Lipinski definition) is 3. The van der Waals surface area contributed by atoms with E-state index in [0.717, 1.165) is 17.9 Å². The Balaban J connectivity index is 2.18. The fourth-order valence-corrected chi connectivity index (χ4v) is 1.84. The minimum Gasteiger partial charge on any atom is -0.315 e. The Hall–Kier alpha value is -0.680. The first-order chi connectivity index (χ1) is 5.88. The number of H-pyrrole nitrogens is 1. The lowest BCUT2D eigenvalue weighted by molar-refractivity contribution is 0.368. The molecule has 1 unspecified atom stereocenters. The molecule has 1 atom stereocenters. The monoisotopic (exact) mass is 184 g/mol. The van der Waals surface area contributed by atoms with Crippen molar-refractivity contribution in [1.29, 1.82) is 0 Å². The van der Waals surface area contributed by atoms with Gasteiger partial charge in [-0.2, -0.15) is 5.10 Å². The van der Waals surface area contributed by atoms with Gasteiger partial charge in [-0.1, -0.05) is 0 Å². The molecule has 2 N–H and O–H groups in total. The van der Waals surface area contributed by atoms with Crippen LogP contribution in [0.3, 0.4) is 0 Å². The highest BCUT2D eigenvalue weighted by atomic mass is 32.1. The van der Waals surface area contributed by atoms with Crippen LogP contribution in [-0.4, -0.2) is 27.9 Å². The van der Waals surface area contributed by atoms with Crippen molar-refractivity contribution in [2.24, 2.45) is 0 Å². The normalized spacial score (nSPS) is 24.2. The first-order valence-electron chi connectivity index (χ1n) is 4.20. The zero-order valence-electron chi connectivity index (χ0n) is 6.79. The minimum absolute atomic E-state index is 0.491. The van der Waals surface area contributed by atoms with E-state index in [4.69, 9.17) is 12.2 Å². The molecule has 4 nitrogen and oxygen atoms in total. The van der Waals surface area contributed by atoms with Crippen molar-refractivity contribution in [2.75, 3.05) is 13.1 Å². The fraction of sp³-hybridized carbons (Fsp3) is 0.714. The van der Waals surface area contributed by atoms with Crippen LogP contribution < -0.4 is 5.32 Å². The topological polar surface area (TPSA) is 45.6 Å². The molecule has 5 heteroatoms. The number of hydrogen-bond donors (Lipinski definition) is 2. The zero-order valence-corrected chi connectivity index (χ0v) is 7.60. The van der Waals surface area contributed by atoms with E-state index in [1.54, 1.807) is 6.33 Å². The number of nitrogens with one attached hydrogen (secondary N) is 2. The number of aromatic amines is 1. The van der Waals surface area contributed by atoms with E-state index in [1.165, 1.54) is 12.8 Å². The molecular formula is C7H12N4S. The molecule has 0 aromatic carbocycles. The predicted octanol–water partition coefficient (Wildman–Crippen LogP) is 0.865. The van der Waals surface area contributed by atoms with Crippen molar-refractivity contribution in [2.45, 2.75) is 18.9 Å². The third-order valence-corrected chi connectivity index (χ3v) is 2.54. The lowest BCUT2D eigenvalue weighted by Gasteiger charge is -2.23. The lowest BCUT2D eigenvalue weighted by atomic mass is 10.1. The summed E-state index contributed by atoms with van der Waals surface area (Å²) in [7, 11) is 0. The quantitative estimate of drug-likeness (QED) is 0.636. The molecule has 1 aromatic rings. The van der Waals surface area contributed by atoms with Gasteiger partial charge in [-0.3, -0.25) is 5.10 Å². The summed E-state index contributed by atoms with van der Waals surface area (Å²) in [5.74, 6) is 0. The second kappa shape index (κ2) is 3.37. The first kappa shape index (κ1) is 7.94. The molecule has 0 bridgehead atoms. The Bertz CT molecular complexity index is 296. The number of piperidine rings is 1. The molecule has 1 aliphatic rings. The first-order valence-corrected chi connectivity index (χ1v) is 4.61.